The first-order chi connectivity index (χ1) is 24.6. The van der Waals surface area contributed by atoms with Crippen LogP contribution in [0.15, 0.2) is 30.4 Å². The quantitative estimate of drug-likeness (QED) is 0.382. The monoisotopic (exact) mass is 745 g/mol. The number of fused-ring (bicyclic) bond motifs is 3. The third-order valence-corrected chi connectivity index (χ3v) is 12.1. The van der Waals surface area contributed by atoms with Crippen molar-refractivity contribution in [1.82, 2.24) is 25.2 Å². The summed E-state index contributed by atoms with van der Waals surface area (Å²) >= 11 is 0. The average Bonchev–Trinajstić information content (AvgIpc) is 3.99. The van der Waals surface area contributed by atoms with E-state index in [-0.39, 0.29) is 44.7 Å². The summed E-state index contributed by atoms with van der Waals surface area (Å²) in [5, 5.41) is 4.81. The van der Waals surface area contributed by atoms with Gasteiger partial charge in [-0.3, -0.25) is 19.1 Å². The number of ether oxygens (including phenoxy) is 2. The van der Waals surface area contributed by atoms with E-state index in [0.29, 0.717) is 43.2 Å². The van der Waals surface area contributed by atoms with Crippen LogP contribution in [-0.2, 0) is 46.8 Å². The van der Waals surface area contributed by atoms with E-state index in [9.17, 15) is 36.8 Å². The number of amides is 5. The van der Waals surface area contributed by atoms with Crippen molar-refractivity contribution in [3.05, 3.63) is 47.3 Å². The first-order valence-electron chi connectivity index (χ1n) is 18.1. The maximum atomic E-state index is 14.3. The summed E-state index contributed by atoms with van der Waals surface area (Å²) < 4.78 is 53.3. The van der Waals surface area contributed by atoms with Crippen molar-refractivity contribution in [2.75, 3.05) is 13.1 Å². The predicted octanol–water partition coefficient (Wildman–Crippen LogP) is 3.19. The summed E-state index contributed by atoms with van der Waals surface area (Å²) in [5.41, 5.74) is -1.18. The summed E-state index contributed by atoms with van der Waals surface area (Å²) in [6.45, 7) is 5.26. The molecule has 2 saturated carbocycles. The van der Waals surface area contributed by atoms with E-state index >= 15 is 0 Å². The molecule has 6 rings (SSSR count). The number of alkyl carbamates (subject to hydrolysis) is 1. The molecule has 3 N–H and O–H groups in total. The number of carbonyl (C=O) groups is 5. The standard InChI is InChI=1S/C36H48FN5O9S/c1-35(2,3)51-33(46)38-28-13-8-6-4-5-7-11-23-19-36(23,32(45)40-52(48,49)25-14-15-25)39-30(43)29-18-24(21-42(29)31(28)44)50-34(47)41-17-16-26-22(20-41)10-9-12-27(26)37/h7,9-12,23-25,28-29H,4-6,8,13-21H2,1-3H3,(H,38,46)(H,39,43)(H,40,45)/b11-7-/t23-,24-,28+,29+,36-/m1/s1. The van der Waals surface area contributed by atoms with Crippen molar-refractivity contribution in [3.8, 4) is 0 Å². The molecule has 3 heterocycles. The lowest BCUT2D eigenvalue weighted by Gasteiger charge is -2.30. The van der Waals surface area contributed by atoms with Crippen molar-refractivity contribution in [3.63, 3.8) is 0 Å². The molecule has 1 aromatic carbocycles. The number of nitrogens with one attached hydrogen (secondary N) is 3. The average molecular weight is 746 g/mol. The van der Waals surface area contributed by atoms with Crippen LogP contribution in [0.1, 0.15) is 89.7 Å². The molecular formula is C36H48FN5O9S. The topological polar surface area (TPSA) is 181 Å². The fourth-order valence-corrected chi connectivity index (χ4v) is 8.60. The minimum absolute atomic E-state index is 0.111. The molecule has 5 atom stereocenters. The number of rotatable bonds is 5. The van der Waals surface area contributed by atoms with Crippen molar-refractivity contribution in [2.24, 2.45) is 5.92 Å². The Kier molecular flexibility index (Phi) is 10.6. The summed E-state index contributed by atoms with van der Waals surface area (Å²) in [6, 6.07) is 2.41. The van der Waals surface area contributed by atoms with Gasteiger partial charge >= 0.3 is 12.2 Å². The van der Waals surface area contributed by atoms with E-state index in [1.165, 1.54) is 15.9 Å². The fourth-order valence-electron chi connectivity index (χ4n) is 7.23. The number of allylic oxidation sites excluding steroid dienone is 1. The zero-order valence-corrected chi connectivity index (χ0v) is 30.6. The van der Waals surface area contributed by atoms with Gasteiger partial charge in [0.1, 0.15) is 35.1 Å². The maximum Gasteiger partial charge on any atom is 0.410 e. The molecule has 284 valence electrons. The molecule has 0 unspecified atom stereocenters. The highest BCUT2D eigenvalue weighted by Crippen LogP contribution is 2.46. The van der Waals surface area contributed by atoms with E-state index < -0.39 is 80.4 Å². The summed E-state index contributed by atoms with van der Waals surface area (Å²) in [7, 11) is -3.92. The zero-order chi connectivity index (χ0) is 37.4. The summed E-state index contributed by atoms with van der Waals surface area (Å²) in [5.74, 6) is -2.94. The van der Waals surface area contributed by atoms with Crippen molar-refractivity contribution >= 4 is 39.9 Å². The van der Waals surface area contributed by atoms with Crippen molar-refractivity contribution in [1.29, 1.82) is 0 Å². The SMILES string of the molecule is CC(C)(C)OC(=O)N[C@H]1CCCCC/C=C\[C@@H]2C[C@@]2(C(=O)NS(=O)(=O)C2CC2)NC(=O)[C@@H]2C[C@@H](OC(=O)N3CCc4c(F)cccc4C3)CN2C1=O. The Morgan fingerprint density at radius 2 is 1.85 bits per heavy atom. The molecule has 0 aromatic heterocycles. The molecule has 5 aliphatic rings. The van der Waals surface area contributed by atoms with Gasteiger partial charge in [0.25, 0.3) is 5.91 Å². The molecular weight excluding hydrogens is 697 g/mol. The minimum Gasteiger partial charge on any atom is -0.444 e. The van der Waals surface area contributed by atoms with Crippen LogP contribution in [0.3, 0.4) is 0 Å². The molecule has 1 aromatic rings. The number of nitrogens with zero attached hydrogens (tertiary/aromatic N) is 2. The predicted molar refractivity (Wildman–Crippen MR) is 185 cm³/mol. The molecule has 16 heteroatoms. The Hall–Kier alpha value is -4.21. The van der Waals surface area contributed by atoms with Gasteiger partial charge < -0.3 is 29.9 Å². The minimum atomic E-state index is -3.92. The molecule has 0 radical (unpaired) electrons. The van der Waals surface area contributed by atoms with Crippen LogP contribution < -0.4 is 15.4 Å². The van der Waals surface area contributed by atoms with E-state index in [1.807, 2.05) is 12.2 Å². The van der Waals surface area contributed by atoms with Crippen molar-refractivity contribution in [2.45, 2.75) is 126 Å². The van der Waals surface area contributed by atoms with Gasteiger partial charge in [-0.2, -0.15) is 0 Å². The molecule has 3 fully saturated rings. The highest BCUT2D eigenvalue weighted by Gasteiger charge is 2.62. The van der Waals surface area contributed by atoms with Crippen LogP contribution in [0.2, 0.25) is 0 Å². The lowest BCUT2D eigenvalue weighted by Crippen LogP contribution is -2.58. The van der Waals surface area contributed by atoms with E-state index in [2.05, 4.69) is 15.4 Å². The molecule has 14 nitrogen and oxygen atoms in total. The second-order valence-corrected chi connectivity index (χ2v) is 17.5. The highest BCUT2D eigenvalue weighted by molar-refractivity contribution is 7.91. The number of sulfonamides is 1. The van der Waals surface area contributed by atoms with Crippen LogP contribution in [-0.4, -0.2) is 95.8 Å². The van der Waals surface area contributed by atoms with Crippen LogP contribution in [0.4, 0.5) is 14.0 Å². The third-order valence-electron chi connectivity index (χ3n) is 10.3. The van der Waals surface area contributed by atoms with Gasteiger partial charge in [-0.1, -0.05) is 37.1 Å². The van der Waals surface area contributed by atoms with Crippen LogP contribution >= 0.6 is 0 Å². The number of carbonyl (C=O) groups excluding carboxylic acids is 5. The summed E-state index contributed by atoms with van der Waals surface area (Å²) in [4.78, 5) is 71.1. The molecule has 3 aliphatic heterocycles. The smallest absolute Gasteiger partial charge is 0.410 e. The van der Waals surface area contributed by atoms with Crippen LogP contribution in [0.5, 0.6) is 0 Å². The van der Waals surface area contributed by atoms with E-state index in [0.717, 1.165) is 12.8 Å². The van der Waals surface area contributed by atoms with E-state index in [1.54, 1.807) is 32.9 Å². The molecule has 2 aliphatic carbocycles. The largest absolute Gasteiger partial charge is 0.444 e. The van der Waals surface area contributed by atoms with Gasteiger partial charge in [-0.05, 0) is 82.9 Å². The second kappa shape index (κ2) is 14.7. The first kappa shape index (κ1) is 37.5. The Labute approximate surface area is 303 Å². The fraction of sp³-hybridized carbons (Fsp3) is 0.639. The van der Waals surface area contributed by atoms with Crippen LogP contribution in [0, 0.1) is 11.7 Å². The van der Waals surface area contributed by atoms with Gasteiger partial charge in [0, 0.05) is 25.4 Å². The molecule has 0 spiro atoms. The van der Waals surface area contributed by atoms with Crippen molar-refractivity contribution < 1.29 is 46.3 Å². The second-order valence-electron chi connectivity index (χ2n) is 15.5. The lowest BCUT2D eigenvalue weighted by atomic mass is 9.99. The summed E-state index contributed by atoms with van der Waals surface area (Å²) in [6.07, 6.45) is 5.55. The van der Waals surface area contributed by atoms with Gasteiger partial charge in [0.2, 0.25) is 21.8 Å². The Bertz CT molecular complexity index is 1740. The molecule has 0 bridgehead atoms. The normalized spacial score (nSPS) is 28.8. The number of hydrogen-bond acceptors (Lipinski definition) is 9. The Morgan fingerprint density at radius 3 is 2.58 bits per heavy atom. The lowest BCUT2D eigenvalue weighted by molar-refractivity contribution is -0.141. The Morgan fingerprint density at radius 1 is 1.08 bits per heavy atom. The molecule has 5 amide bonds. The first-order valence-corrected chi connectivity index (χ1v) is 19.7. The van der Waals surface area contributed by atoms with Gasteiger partial charge in [-0.25, -0.2) is 22.4 Å². The van der Waals surface area contributed by atoms with Gasteiger partial charge in [0.05, 0.1) is 11.8 Å². The zero-order valence-electron chi connectivity index (χ0n) is 29.8. The Balaban J connectivity index is 1.25. The van der Waals surface area contributed by atoms with Gasteiger partial charge in [0.15, 0.2) is 0 Å². The molecule has 52 heavy (non-hydrogen) atoms. The maximum absolute atomic E-state index is 14.3. The van der Waals surface area contributed by atoms with E-state index in [4.69, 9.17) is 9.47 Å². The number of hydrogen-bond donors (Lipinski definition) is 3. The highest BCUT2D eigenvalue weighted by atomic mass is 32.2. The number of benzene rings is 1. The van der Waals surface area contributed by atoms with Crippen LogP contribution in [0.25, 0.3) is 0 Å². The molecule has 1 saturated heterocycles. The third kappa shape index (κ3) is 8.53. The van der Waals surface area contributed by atoms with Gasteiger partial charge in [-0.15, -0.1) is 0 Å². The number of halogens is 1.